The van der Waals surface area contributed by atoms with Crippen molar-refractivity contribution in [2.24, 2.45) is 0 Å². The number of carbonyl (C=O) groups excluding carboxylic acids is 1. The maximum absolute atomic E-state index is 12.2. The van der Waals surface area contributed by atoms with E-state index < -0.39 is 0 Å². The Morgan fingerprint density at radius 3 is 2.29 bits per heavy atom. The summed E-state index contributed by atoms with van der Waals surface area (Å²) in [7, 11) is 0. The first-order chi connectivity index (χ1) is 9.97. The van der Waals surface area contributed by atoms with Crippen molar-refractivity contribution in [3.63, 3.8) is 0 Å². The van der Waals surface area contributed by atoms with Gasteiger partial charge in [0.25, 0.3) is 0 Å². The van der Waals surface area contributed by atoms with Gasteiger partial charge in [-0.05, 0) is 29.4 Å². The van der Waals surface area contributed by atoms with Crippen LogP contribution < -0.4 is 5.32 Å². The van der Waals surface area contributed by atoms with Gasteiger partial charge in [0.1, 0.15) is 6.17 Å². The Kier molecular flexibility index (Phi) is 3.78. The molecular formula is C18H26N2O. The van der Waals surface area contributed by atoms with Gasteiger partial charge >= 0.3 is 0 Å². The number of nitrogens with one attached hydrogen (secondary N) is 1. The number of benzene rings is 1. The largest absolute Gasteiger partial charge is 0.319 e. The zero-order valence-electron chi connectivity index (χ0n) is 13.4. The Morgan fingerprint density at radius 1 is 1.10 bits per heavy atom. The summed E-state index contributed by atoms with van der Waals surface area (Å²) < 4.78 is 0. The molecule has 3 heteroatoms. The molecule has 1 saturated carbocycles. The highest BCUT2D eigenvalue weighted by atomic mass is 16.2. The van der Waals surface area contributed by atoms with Crippen molar-refractivity contribution in [2.75, 3.05) is 6.54 Å². The van der Waals surface area contributed by atoms with Crippen LogP contribution in [0.15, 0.2) is 24.3 Å². The fraction of sp³-hybridized carbons (Fsp3) is 0.611. The molecule has 1 aliphatic heterocycles. The van der Waals surface area contributed by atoms with Crippen molar-refractivity contribution in [3.8, 4) is 0 Å². The molecule has 2 aliphatic rings. The predicted molar refractivity (Wildman–Crippen MR) is 85.0 cm³/mol. The van der Waals surface area contributed by atoms with Gasteiger partial charge in [-0.3, -0.25) is 10.1 Å². The van der Waals surface area contributed by atoms with Crippen LogP contribution in [0.25, 0.3) is 0 Å². The third kappa shape index (κ3) is 2.84. The molecule has 2 fully saturated rings. The Balaban J connectivity index is 1.83. The van der Waals surface area contributed by atoms with Crippen molar-refractivity contribution in [1.82, 2.24) is 10.2 Å². The van der Waals surface area contributed by atoms with Crippen molar-refractivity contribution in [3.05, 3.63) is 35.4 Å². The molecule has 1 heterocycles. The lowest BCUT2D eigenvalue weighted by atomic mass is 9.86. The second-order valence-electron chi connectivity index (χ2n) is 7.39. The van der Waals surface area contributed by atoms with Gasteiger partial charge in [0.05, 0.1) is 6.54 Å². The zero-order valence-corrected chi connectivity index (χ0v) is 13.4. The molecule has 1 aliphatic carbocycles. The van der Waals surface area contributed by atoms with Crippen molar-refractivity contribution in [1.29, 1.82) is 0 Å². The number of carbonyl (C=O) groups is 1. The van der Waals surface area contributed by atoms with E-state index in [1.807, 2.05) is 0 Å². The van der Waals surface area contributed by atoms with Crippen molar-refractivity contribution >= 4 is 5.91 Å². The van der Waals surface area contributed by atoms with Crippen LogP contribution in [0.3, 0.4) is 0 Å². The van der Waals surface area contributed by atoms with E-state index in [4.69, 9.17) is 0 Å². The second kappa shape index (κ2) is 5.45. The molecule has 1 unspecified atom stereocenters. The van der Waals surface area contributed by atoms with Gasteiger partial charge < -0.3 is 4.90 Å². The van der Waals surface area contributed by atoms with Crippen molar-refractivity contribution in [2.45, 2.75) is 64.1 Å². The summed E-state index contributed by atoms with van der Waals surface area (Å²) in [6.07, 6.45) is 4.89. The van der Waals surface area contributed by atoms with E-state index in [0.717, 1.165) is 12.8 Å². The van der Waals surface area contributed by atoms with E-state index in [0.29, 0.717) is 12.6 Å². The minimum Gasteiger partial charge on any atom is -0.319 e. The fourth-order valence-electron chi connectivity index (χ4n) is 3.56. The zero-order chi connectivity index (χ0) is 15.0. The third-order valence-electron chi connectivity index (χ3n) is 4.82. The molecule has 1 amide bonds. The van der Waals surface area contributed by atoms with E-state index in [9.17, 15) is 4.79 Å². The summed E-state index contributed by atoms with van der Waals surface area (Å²) in [6, 6.07) is 9.19. The maximum atomic E-state index is 12.2. The van der Waals surface area contributed by atoms with E-state index in [1.54, 1.807) is 0 Å². The summed E-state index contributed by atoms with van der Waals surface area (Å²) >= 11 is 0. The maximum Gasteiger partial charge on any atom is 0.238 e. The summed E-state index contributed by atoms with van der Waals surface area (Å²) in [6.45, 7) is 7.15. The molecule has 3 nitrogen and oxygen atoms in total. The Morgan fingerprint density at radius 2 is 1.71 bits per heavy atom. The van der Waals surface area contributed by atoms with Crippen LogP contribution >= 0.6 is 0 Å². The molecule has 1 N–H and O–H groups in total. The molecule has 1 saturated heterocycles. The van der Waals surface area contributed by atoms with Crippen molar-refractivity contribution < 1.29 is 4.79 Å². The lowest BCUT2D eigenvalue weighted by molar-refractivity contribution is -0.130. The van der Waals surface area contributed by atoms with E-state index in [2.05, 4.69) is 55.3 Å². The average molecular weight is 286 g/mol. The summed E-state index contributed by atoms with van der Waals surface area (Å²) in [5.41, 5.74) is 2.71. The lowest BCUT2D eigenvalue weighted by Gasteiger charge is -2.31. The lowest BCUT2D eigenvalue weighted by Crippen LogP contribution is -2.38. The third-order valence-corrected chi connectivity index (χ3v) is 4.82. The Bertz CT molecular complexity index is 509. The van der Waals surface area contributed by atoms with Crippen LogP contribution in [-0.2, 0) is 10.2 Å². The number of hydrogen-bond acceptors (Lipinski definition) is 2. The van der Waals surface area contributed by atoms with E-state index >= 15 is 0 Å². The molecule has 114 valence electrons. The molecular weight excluding hydrogens is 260 g/mol. The van der Waals surface area contributed by atoms with Crippen LogP contribution in [0.1, 0.15) is 63.7 Å². The normalized spacial score (nSPS) is 24.0. The first-order valence-electron chi connectivity index (χ1n) is 8.12. The van der Waals surface area contributed by atoms with Gasteiger partial charge in [0.15, 0.2) is 0 Å². The van der Waals surface area contributed by atoms with Gasteiger partial charge in [-0.25, -0.2) is 0 Å². The Hall–Kier alpha value is -1.35. The quantitative estimate of drug-likeness (QED) is 0.904. The molecule has 3 rings (SSSR count). The van der Waals surface area contributed by atoms with Gasteiger partial charge in [0.2, 0.25) is 5.91 Å². The standard InChI is InChI=1S/C18H26N2O/c1-18(2,3)14-10-8-13(9-11-14)17-19-12-16(21)20(17)15-6-4-5-7-15/h8-11,15,17,19H,4-7,12H2,1-3H3. The first-order valence-corrected chi connectivity index (χ1v) is 8.12. The summed E-state index contributed by atoms with van der Waals surface area (Å²) in [5, 5.41) is 3.38. The first kappa shape index (κ1) is 14.6. The molecule has 21 heavy (non-hydrogen) atoms. The molecule has 0 radical (unpaired) electrons. The highest BCUT2D eigenvalue weighted by molar-refractivity contribution is 5.81. The van der Waals surface area contributed by atoms with Crippen LogP contribution in [0, 0.1) is 0 Å². The number of amides is 1. The van der Waals surface area contributed by atoms with E-state index in [1.165, 1.54) is 24.0 Å². The number of rotatable bonds is 2. The highest BCUT2D eigenvalue weighted by Gasteiger charge is 2.37. The van der Waals surface area contributed by atoms with Gasteiger partial charge in [-0.1, -0.05) is 57.9 Å². The second-order valence-corrected chi connectivity index (χ2v) is 7.39. The molecule has 1 atom stereocenters. The topological polar surface area (TPSA) is 32.3 Å². The summed E-state index contributed by atoms with van der Waals surface area (Å²) in [5.74, 6) is 0.256. The molecule has 0 bridgehead atoms. The van der Waals surface area contributed by atoms with Crippen LogP contribution in [-0.4, -0.2) is 23.4 Å². The minimum atomic E-state index is 0.0645. The molecule has 0 spiro atoms. The smallest absolute Gasteiger partial charge is 0.238 e. The number of nitrogens with zero attached hydrogens (tertiary/aromatic N) is 1. The van der Waals surface area contributed by atoms with Gasteiger partial charge in [0, 0.05) is 6.04 Å². The number of hydrogen-bond donors (Lipinski definition) is 1. The SMILES string of the molecule is CC(C)(C)c1ccc(C2NCC(=O)N2C2CCCC2)cc1. The highest BCUT2D eigenvalue weighted by Crippen LogP contribution is 2.33. The molecule has 0 aromatic heterocycles. The predicted octanol–water partition coefficient (Wildman–Crippen LogP) is 3.36. The van der Waals surface area contributed by atoms with Crippen LogP contribution in [0.2, 0.25) is 0 Å². The van der Waals surface area contributed by atoms with Gasteiger partial charge in [-0.15, -0.1) is 0 Å². The molecule has 1 aromatic carbocycles. The minimum absolute atomic E-state index is 0.0645. The summed E-state index contributed by atoms with van der Waals surface area (Å²) in [4.78, 5) is 14.3. The van der Waals surface area contributed by atoms with Crippen LogP contribution in [0.4, 0.5) is 0 Å². The van der Waals surface area contributed by atoms with Crippen LogP contribution in [0.5, 0.6) is 0 Å². The molecule has 1 aromatic rings. The Labute approximate surface area is 127 Å². The fourth-order valence-corrected chi connectivity index (χ4v) is 3.56. The monoisotopic (exact) mass is 286 g/mol. The van der Waals surface area contributed by atoms with Gasteiger partial charge in [-0.2, -0.15) is 0 Å². The average Bonchev–Trinajstić information content (AvgIpc) is 3.06. The van der Waals surface area contributed by atoms with E-state index in [-0.39, 0.29) is 17.5 Å².